The van der Waals surface area contributed by atoms with Gasteiger partial charge in [0.05, 0.1) is 0 Å². The number of hydrogen-bond donors (Lipinski definition) is 0. The van der Waals surface area contributed by atoms with Crippen LogP contribution in [0.2, 0.25) is 0 Å². The maximum atomic E-state index is 5.20. The van der Waals surface area contributed by atoms with Crippen molar-refractivity contribution in [2.75, 3.05) is 0 Å². The number of benzene rings is 8. The monoisotopic (exact) mass is 689 g/mol. The molecule has 0 aliphatic rings. The zero-order valence-electron chi connectivity index (χ0n) is 29.5. The quantitative estimate of drug-likeness (QED) is 0.159. The van der Waals surface area contributed by atoms with Crippen LogP contribution >= 0.6 is 0 Å². The molecule has 54 heavy (non-hydrogen) atoms. The van der Waals surface area contributed by atoms with Crippen LogP contribution in [0.5, 0.6) is 0 Å². The lowest BCUT2D eigenvalue weighted by Crippen LogP contribution is -2.01. The number of aromatic nitrogens is 3. The van der Waals surface area contributed by atoms with Crippen LogP contribution < -0.4 is 0 Å². The van der Waals surface area contributed by atoms with E-state index in [1.807, 2.05) is 18.2 Å². The van der Waals surface area contributed by atoms with E-state index in [-0.39, 0.29) is 0 Å². The lowest BCUT2D eigenvalue weighted by atomic mass is 9.89. The largest absolute Gasteiger partial charge is 0.208 e. The first-order valence-corrected chi connectivity index (χ1v) is 18.2. The molecule has 0 bridgehead atoms. The topological polar surface area (TPSA) is 38.7 Å². The standard InChI is InChI=1S/C51H35N3/c1-4-17-36(18-5-1)37-31-33-40(34-32-37)49-52-50(54-51(53-49)48-30-15-12-26-44(48)39-21-8-3-9-22-39)42-24-16-23-41(35-42)45-27-11-14-29-47(45)46-28-13-10-25-43(46)38-19-6-2-7-20-38/h1-35H. The van der Waals surface area contributed by atoms with Crippen LogP contribution in [0.25, 0.3) is 89.8 Å². The predicted molar refractivity (Wildman–Crippen MR) is 223 cm³/mol. The minimum atomic E-state index is 0.619. The molecule has 0 spiro atoms. The van der Waals surface area contributed by atoms with Crippen molar-refractivity contribution in [3.05, 3.63) is 212 Å². The molecule has 9 rings (SSSR count). The summed E-state index contributed by atoms with van der Waals surface area (Å²) in [7, 11) is 0. The first-order valence-electron chi connectivity index (χ1n) is 18.2. The zero-order chi connectivity index (χ0) is 36.1. The van der Waals surface area contributed by atoms with Crippen molar-refractivity contribution < 1.29 is 0 Å². The van der Waals surface area contributed by atoms with E-state index < -0.39 is 0 Å². The Morgan fingerprint density at radius 3 is 1.07 bits per heavy atom. The molecular weight excluding hydrogens is 655 g/mol. The van der Waals surface area contributed by atoms with Gasteiger partial charge in [-0.25, -0.2) is 15.0 Å². The van der Waals surface area contributed by atoms with E-state index in [0.717, 1.165) is 44.5 Å². The number of nitrogens with zero attached hydrogens (tertiary/aromatic N) is 3. The van der Waals surface area contributed by atoms with Crippen LogP contribution in [-0.2, 0) is 0 Å². The molecule has 0 aliphatic carbocycles. The molecule has 0 atom stereocenters. The van der Waals surface area contributed by atoms with Gasteiger partial charge in [-0.15, -0.1) is 0 Å². The molecule has 0 aliphatic heterocycles. The van der Waals surface area contributed by atoms with Gasteiger partial charge in [0.25, 0.3) is 0 Å². The van der Waals surface area contributed by atoms with Gasteiger partial charge in [0, 0.05) is 16.7 Å². The van der Waals surface area contributed by atoms with Crippen molar-refractivity contribution in [1.82, 2.24) is 15.0 Å². The SMILES string of the molecule is c1ccc(-c2ccc(-c3nc(-c4cccc(-c5ccccc5-c5ccccc5-c5ccccc5)c4)nc(-c4ccccc4-c4ccccc4)n3)cc2)cc1. The van der Waals surface area contributed by atoms with Crippen molar-refractivity contribution in [3.8, 4) is 89.8 Å². The molecule has 0 unspecified atom stereocenters. The van der Waals surface area contributed by atoms with Crippen LogP contribution in [-0.4, -0.2) is 15.0 Å². The molecule has 8 aromatic carbocycles. The lowest BCUT2D eigenvalue weighted by Gasteiger charge is -2.15. The summed E-state index contributed by atoms with van der Waals surface area (Å²) >= 11 is 0. The van der Waals surface area contributed by atoms with E-state index in [0.29, 0.717) is 17.5 Å². The van der Waals surface area contributed by atoms with Crippen LogP contribution in [0.1, 0.15) is 0 Å². The molecule has 0 N–H and O–H groups in total. The Balaban J connectivity index is 1.18. The Hall–Kier alpha value is -7.23. The fraction of sp³-hybridized carbons (Fsp3) is 0. The second-order valence-corrected chi connectivity index (χ2v) is 13.2. The maximum absolute atomic E-state index is 5.20. The second kappa shape index (κ2) is 14.8. The molecule has 0 radical (unpaired) electrons. The predicted octanol–water partition coefficient (Wildman–Crippen LogP) is 13.2. The van der Waals surface area contributed by atoms with E-state index >= 15 is 0 Å². The van der Waals surface area contributed by atoms with E-state index in [1.54, 1.807) is 0 Å². The van der Waals surface area contributed by atoms with Crippen molar-refractivity contribution in [3.63, 3.8) is 0 Å². The van der Waals surface area contributed by atoms with Crippen LogP contribution in [0.15, 0.2) is 212 Å². The third-order valence-corrected chi connectivity index (χ3v) is 9.80. The Morgan fingerprint density at radius 1 is 0.185 bits per heavy atom. The molecule has 0 amide bonds. The van der Waals surface area contributed by atoms with Crippen LogP contribution in [0.4, 0.5) is 0 Å². The normalized spacial score (nSPS) is 11.0. The summed E-state index contributed by atoms with van der Waals surface area (Å²) in [5.41, 5.74) is 14.3. The van der Waals surface area contributed by atoms with Gasteiger partial charge in [0.15, 0.2) is 17.5 Å². The van der Waals surface area contributed by atoms with Gasteiger partial charge >= 0.3 is 0 Å². The van der Waals surface area contributed by atoms with Crippen molar-refractivity contribution >= 4 is 0 Å². The smallest absolute Gasteiger partial charge is 0.164 e. The first-order chi connectivity index (χ1) is 26.8. The summed E-state index contributed by atoms with van der Waals surface area (Å²) in [5, 5.41) is 0. The van der Waals surface area contributed by atoms with Crippen LogP contribution in [0, 0.1) is 0 Å². The molecule has 0 saturated carbocycles. The van der Waals surface area contributed by atoms with E-state index in [1.165, 1.54) is 27.8 Å². The third kappa shape index (κ3) is 6.63. The third-order valence-electron chi connectivity index (χ3n) is 9.80. The average Bonchev–Trinajstić information content (AvgIpc) is 3.27. The Labute approximate surface area is 316 Å². The summed E-state index contributed by atoms with van der Waals surface area (Å²) in [6.07, 6.45) is 0. The summed E-state index contributed by atoms with van der Waals surface area (Å²) < 4.78 is 0. The lowest BCUT2D eigenvalue weighted by molar-refractivity contribution is 1.07. The summed E-state index contributed by atoms with van der Waals surface area (Å²) in [4.78, 5) is 15.5. The highest BCUT2D eigenvalue weighted by molar-refractivity contribution is 5.92. The fourth-order valence-electron chi connectivity index (χ4n) is 7.13. The van der Waals surface area contributed by atoms with E-state index in [9.17, 15) is 0 Å². The molecule has 254 valence electrons. The average molecular weight is 690 g/mol. The number of hydrogen-bond acceptors (Lipinski definition) is 3. The molecule has 0 saturated heterocycles. The second-order valence-electron chi connectivity index (χ2n) is 13.2. The van der Waals surface area contributed by atoms with Gasteiger partial charge in [-0.3, -0.25) is 0 Å². The Bertz CT molecular complexity index is 2690. The van der Waals surface area contributed by atoms with Gasteiger partial charge in [-0.1, -0.05) is 206 Å². The molecule has 1 heterocycles. The molecular formula is C51H35N3. The molecule has 3 nitrogen and oxygen atoms in total. The van der Waals surface area contributed by atoms with Crippen molar-refractivity contribution in [2.24, 2.45) is 0 Å². The molecule has 9 aromatic rings. The highest BCUT2D eigenvalue weighted by Gasteiger charge is 2.17. The van der Waals surface area contributed by atoms with Crippen molar-refractivity contribution in [2.45, 2.75) is 0 Å². The van der Waals surface area contributed by atoms with Gasteiger partial charge in [-0.2, -0.15) is 0 Å². The highest BCUT2D eigenvalue weighted by Crippen LogP contribution is 2.39. The minimum absolute atomic E-state index is 0.619. The minimum Gasteiger partial charge on any atom is -0.208 e. The summed E-state index contributed by atoms with van der Waals surface area (Å²) in [6, 6.07) is 74.0. The van der Waals surface area contributed by atoms with E-state index in [4.69, 9.17) is 15.0 Å². The van der Waals surface area contributed by atoms with Gasteiger partial charge in [0.1, 0.15) is 0 Å². The van der Waals surface area contributed by atoms with Crippen LogP contribution in [0.3, 0.4) is 0 Å². The fourth-order valence-corrected chi connectivity index (χ4v) is 7.13. The van der Waals surface area contributed by atoms with Gasteiger partial charge < -0.3 is 0 Å². The van der Waals surface area contributed by atoms with Gasteiger partial charge in [-0.05, 0) is 61.7 Å². The zero-order valence-corrected chi connectivity index (χ0v) is 29.5. The molecule has 1 aromatic heterocycles. The van der Waals surface area contributed by atoms with Gasteiger partial charge in [0.2, 0.25) is 0 Å². The Morgan fingerprint density at radius 2 is 0.519 bits per heavy atom. The summed E-state index contributed by atoms with van der Waals surface area (Å²) in [5.74, 6) is 1.87. The molecule has 0 fully saturated rings. The van der Waals surface area contributed by atoms with E-state index in [2.05, 4.69) is 194 Å². The first kappa shape index (κ1) is 32.7. The Kier molecular flexibility index (Phi) is 8.94. The maximum Gasteiger partial charge on any atom is 0.164 e. The summed E-state index contributed by atoms with van der Waals surface area (Å²) in [6.45, 7) is 0. The molecule has 3 heteroatoms. The number of rotatable bonds is 8. The van der Waals surface area contributed by atoms with Crippen molar-refractivity contribution in [1.29, 1.82) is 0 Å². The highest BCUT2D eigenvalue weighted by atomic mass is 15.0.